The van der Waals surface area contributed by atoms with Gasteiger partial charge in [0.1, 0.15) is 11.9 Å². The van der Waals surface area contributed by atoms with Crippen LogP contribution >= 0.6 is 0 Å². The van der Waals surface area contributed by atoms with Crippen molar-refractivity contribution >= 4 is 18.6 Å². The lowest BCUT2D eigenvalue weighted by Crippen LogP contribution is -2.57. The molecular weight excluding hydrogens is 379 g/mol. The molecule has 3 N–H and O–H groups in total. The maximum Gasteiger partial charge on any atom is 0.430 e. The quantitative estimate of drug-likeness (QED) is 0.535. The minimum atomic E-state index is -3.10. The zero-order valence-electron chi connectivity index (χ0n) is 16.1. The number of rotatable bonds is 5. The highest BCUT2D eigenvalue weighted by molar-refractivity contribution is 6.59. The Labute approximate surface area is 168 Å². The van der Waals surface area contributed by atoms with Crippen LogP contribution in [0.4, 0.5) is 0 Å². The molecule has 3 aliphatic heterocycles. The van der Waals surface area contributed by atoms with Crippen LogP contribution in [0, 0.1) is 0 Å². The number of nitrogens with zero attached hydrogens (tertiary/aromatic N) is 1. The smallest absolute Gasteiger partial charge is 0.430 e. The van der Waals surface area contributed by atoms with Gasteiger partial charge in [-0.25, -0.2) is 0 Å². The predicted molar refractivity (Wildman–Crippen MR) is 101 cm³/mol. The fraction of sp³-hybridized carbons (Fsp3) is 0.579. The average molecular weight is 404 g/mol. The lowest BCUT2D eigenvalue weighted by atomic mass is 9.70. The first-order chi connectivity index (χ1) is 13.8. The first kappa shape index (κ1) is 20.0. The van der Waals surface area contributed by atoms with Gasteiger partial charge in [-0.3, -0.25) is 4.79 Å². The molecule has 1 amide bonds. The van der Waals surface area contributed by atoms with E-state index in [0.29, 0.717) is 25.1 Å². The van der Waals surface area contributed by atoms with Crippen LogP contribution in [-0.4, -0.2) is 65.4 Å². The Bertz CT molecular complexity index is 804. The number of aryl methyl sites for hydroxylation is 1. The standard InChI is InChI=1S/C19H26BN2O7/c23-16(9-13-3-1-2-8-21-13)22-10-14(11-22)28-15-5-4-12-6-7-20(26,27)29-18(12)17(15)19(24)25/h4-5,13-14,21,26-27H,1-3,6-11H2,(H,24,25)/q-1/p-1. The number of carboxylic acid groups (broad SMARTS) is 1. The third-order valence-electron chi connectivity index (χ3n) is 5.83. The third kappa shape index (κ3) is 4.34. The summed E-state index contributed by atoms with van der Waals surface area (Å²) in [6, 6.07) is 3.40. The minimum absolute atomic E-state index is 0.00472. The van der Waals surface area contributed by atoms with E-state index in [4.69, 9.17) is 9.39 Å². The van der Waals surface area contributed by atoms with E-state index < -0.39 is 12.7 Å². The summed E-state index contributed by atoms with van der Waals surface area (Å²) in [6.45, 7) is -1.40. The number of carbonyl (C=O) groups is 2. The molecule has 0 radical (unpaired) electrons. The molecule has 3 aliphatic rings. The summed E-state index contributed by atoms with van der Waals surface area (Å²) >= 11 is 0. The number of carbonyl (C=O) groups excluding carboxylic acids is 2. The van der Waals surface area contributed by atoms with E-state index in [1.165, 1.54) is 6.07 Å². The Kier molecular flexibility index (Phi) is 5.41. The number of benzene rings is 1. The van der Waals surface area contributed by atoms with E-state index in [0.717, 1.165) is 25.8 Å². The van der Waals surface area contributed by atoms with Gasteiger partial charge in [0.25, 0.3) is 0 Å². The SMILES string of the molecule is O=C([O-])c1c(OC2CN(C(=O)CC3CCCCN3)C2)ccc2c1O[B-](O)(O)CC2. The van der Waals surface area contributed by atoms with E-state index in [2.05, 4.69) is 5.32 Å². The van der Waals surface area contributed by atoms with Crippen molar-refractivity contribution in [1.82, 2.24) is 10.2 Å². The van der Waals surface area contributed by atoms with E-state index >= 15 is 0 Å². The molecule has 2 saturated heterocycles. The maximum atomic E-state index is 12.4. The lowest BCUT2D eigenvalue weighted by molar-refractivity contribution is -0.255. The fourth-order valence-electron chi connectivity index (χ4n) is 4.16. The summed E-state index contributed by atoms with van der Waals surface area (Å²) in [7, 11) is 0. The molecule has 158 valence electrons. The largest absolute Gasteiger partial charge is 0.669 e. The predicted octanol–water partition coefficient (Wildman–Crippen LogP) is -0.970. The number of nitrogens with one attached hydrogen (secondary N) is 1. The zero-order chi connectivity index (χ0) is 20.6. The van der Waals surface area contributed by atoms with Gasteiger partial charge in [-0.1, -0.05) is 18.8 Å². The summed E-state index contributed by atoms with van der Waals surface area (Å²) in [5.74, 6) is -1.52. The summed E-state index contributed by atoms with van der Waals surface area (Å²) in [6.07, 6.45) is 3.68. The van der Waals surface area contributed by atoms with Crippen LogP contribution in [0.3, 0.4) is 0 Å². The number of carboxylic acids is 1. The van der Waals surface area contributed by atoms with Crippen LogP contribution in [0.15, 0.2) is 12.1 Å². The number of amides is 1. The molecule has 2 fully saturated rings. The molecule has 0 spiro atoms. The van der Waals surface area contributed by atoms with Gasteiger partial charge in [-0.05, 0) is 37.4 Å². The highest BCUT2D eigenvalue weighted by Crippen LogP contribution is 2.38. The summed E-state index contributed by atoms with van der Waals surface area (Å²) in [5, 5.41) is 34.6. The Hall–Kier alpha value is -2.30. The zero-order valence-corrected chi connectivity index (χ0v) is 16.1. The molecule has 3 heterocycles. The van der Waals surface area contributed by atoms with Crippen molar-refractivity contribution < 1.29 is 34.1 Å². The van der Waals surface area contributed by atoms with E-state index in [9.17, 15) is 24.7 Å². The minimum Gasteiger partial charge on any atom is -0.669 e. The van der Waals surface area contributed by atoms with Crippen LogP contribution in [0.2, 0.25) is 6.32 Å². The summed E-state index contributed by atoms with van der Waals surface area (Å²) in [5.41, 5.74) is 0.232. The lowest BCUT2D eigenvalue weighted by Gasteiger charge is -2.41. The van der Waals surface area contributed by atoms with Crippen LogP contribution in [0.25, 0.3) is 0 Å². The number of hydrogen-bond acceptors (Lipinski definition) is 8. The normalized spacial score (nSPS) is 23.5. The van der Waals surface area contributed by atoms with Crippen molar-refractivity contribution in [2.45, 2.75) is 50.6 Å². The highest BCUT2D eigenvalue weighted by Gasteiger charge is 2.35. The van der Waals surface area contributed by atoms with Gasteiger partial charge in [-0.15, -0.1) is 0 Å². The van der Waals surface area contributed by atoms with Gasteiger partial charge in [-0.2, -0.15) is 0 Å². The molecule has 4 rings (SSSR count). The van der Waals surface area contributed by atoms with Gasteiger partial charge in [0.05, 0.1) is 30.4 Å². The number of aromatic carboxylic acids is 1. The summed E-state index contributed by atoms with van der Waals surface area (Å²) < 4.78 is 10.9. The fourth-order valence-corrected chi connectivity index (χ4v) is 4.16. The number of hydrogen-bond donors (Lipinski definition) is 3. The molecule has 1 unspecified atom stereocenters. The van der Waals surface area contributed by atoms with Gasteiger partial charge in [0.2, 0.25) is 5.91 Å². The summed E-state index contributed by atoms with van der Waals surface area (Å²) in [4.78, 5) is 25.8. The van der Waals surface area contributed by atoms with Crippen molar-refractivity contribution in [3.8, 4) is 11.5 Å². The molecule has 0 saturated carbocycles. The Morgan fingerprint density at radius 1 is 1.31 bits per heavy atom. The second kappa shape index (κ2) is 7.85. The number of likely N-dealkylation sites (tertiary alicyclic amines) is 1. The molecule has 10 heteroatoms. The van der Waals surface area contributed by atoms with E-state index in [-0.39, 0.29) is 47.9 Å². The van der Waals surface area contributed by atoms with Crippen LogP contribution in [0.5, 0.6) is 11.5 Å². The number of fused-ring (bicyclic) bond motifs is 1. The third-order valence-corrected chi connectivity index (χ3v) is 5.83. The van der Waals surface area contributed by atoms with Gasteiger partial charge in [0.15, 0.2) is 0 Å². The molecule has 0 aliphatic carbocycles. The van der Waals surface area contributed by atoms with E-state index in [1.807, 2.05) is 0 Å². The van der Waals surface area contributed by atoms with Crippen molar-refractivity contribution in [3.05, 3.63) is 23.3 Å². The Balaban J connectivity index is 1.39. The van der Waals surface area contributed by atoms with Crippen molar-refractivity contribution in [3.63, 3.8) is 0 Å². The first-order valence-corrected chi connectivity index (χ1v) is 10.2. The van der Waals surface area contributed by atoms with Crippen molar-refractivity contribution in [2.75, 3.05) is 19.6 Å². The molecule has 1 aromatic carbocycles. The molecular formula is C19H25BN2O7-2. The van der Waals surface area contributed by atoms with Crippen molar-refractivity contribution in [1.29, 1.82) is 0 Å². The van der Waals surface area contributed by atoms with Gasteiger partial charge in [0, 0.05) is 12.5 Å². The monoisotopic (exact) mass is 404 g/mol. The molecule has 0 aromatic heterocycles. The van der Waals surface area contributed by atoms with Crippen LogP contribution < -0.4 is 19.8 Å². The number of ether oxygens (including phenoxy) is 1. The topological polar surface area (TPSA) is 131 Å². The average Bonchev–Trinajstić information content (AvgIpc) is 2.63. The molecule has 1 aromatic rings. The second-order valence-electron chi connectivity index (χ2n) is 8.12. The molecule has 9 nitrogen and oxygen atoms in total. The molecule has 1 atom stereocenters. The molecule has 29 heavy (non-hydrogen) atoms. The van der Waals surface area contributed by atoms with Crippen molar-refractivity contribution in [2.24, 2.45) is 0 Å². The number of piperidine rings is 1. The highest BCUT2D eigenvalue weighted by atomic mass is 16.6. The second-order valence-corrected chi connectivity index (χ2v) is 8.12. The Morgan fingerprint density at radius 3 is 2.79 bits per heavy atom. The van der Waals surface area contributed by atoms with Crippen LogP contribution in [0.1, 0.15) is 41.6 Å². The maximum absolute atomic E-state index is 12.4. The van der Waals surface area contributed by atoms with Crippen LogP contribution in [-0.2, 0) is 11.2 Å². The van der Waals surface area contributed by atoms with Gasteiger partial charge >= 0.3 is 6.75 Å². The first-order valence-electron chi connectivity index (χ1n) is 10.2. The molecule has 0 bridgehead atoms. The van der Waals surface area contributed by atoms with Gasteiger partial charge < -0.3 is 39.6 Å². The van der Waals surface area contributed by atoms with E-state index in [1.54, 1.807) is 11.0 Å². The Morgan fingerprint density at radius 2 is 2.10 bits per heavy atom.